The van der Waals surface area contributed by atoms with E-state index < -0.39 is 0 Å². The van der Waals surface area contributed by atoms with Crippen LogP contribution >= 0.6 is 0 Å². The Morgan fingerprint density at radius 1 is 0.958 bits per heavy atom. The van der Waals surface area contributed by atoms with Crippen molar-refractivity contribution < 1.29 is 0 Å². The maximum absolute atomic E-state index is 4.32. The lowest BCUT2D eigenvalue weighted by Crippen LogP contribution is -2.03. The van der Waals surface area contributed by atoms with Gasteiger partial charge in [0.2, 0.25) is 0 Å². The molecule has 0 N–H and O–H groups in total. The van der Waals surface area contributed by atoms with E-state index in [0.717, 1.165) is 5.57 Å². The highest BCUT2D eigenvalue weighted by atomic mass is 14.2. The van der Waals surface area contributed by atoms with E-state index in [1.165, 1.54) is 35.1 Å². The van der Waals surface area contributed by atoms with Gasteiger partial charge in [-0.25, -0.2) is 0 Å². The molecule has 1 unspecified atom stereocenters. The zero-order chi connectivity index (χ0) is 17.5. The zero-order valence-electron chi connectivity index (χ0n) is 15.5. The summed E-state index contributed by atoms with van der Waals surface area (Å²) in [5.74, 6) is 1.00. The molecule has 0 amide bonds. The lowest BCUT2D eigenvalue weighted by Gasteiger charge is -2.20. The van der Waals surface area contributed by atoms with Crippen molar-refractivity contribution in [1.29, 1.82) is 0 Å². The molecular weight excluding hydrogens is 288 g/mol. The first-order valence-corrected chi connectivity index (χ1v) is 9.06. The Hall–Kier alpha value is -2.08. The highest BCUT2D eigenvalue weighted by Gasteiger charge is 2.15. The number of hydrogen-bond donors (Lipinski definition) is 0. The van der Waals surface area contributed by atoms with Crippen molar-refractivity contribution in [1.82, 2.24) is 0 Å². The normalized spacial score (nSPS) is 13.1. The summed E-state index contributed by atoms with van der Waals surface area (Å²) in [6.07, 6.45) is 4.77. The lowest BCUT2D eigenvalue weighted by molar-refractivity contribution is 0.697. The topological polar surface area (TPSA) is 0 Å². The van der Waals surface area contributed by atoms with Crippen LogP contribution in [0.2, 0.25) is 0 Å². The van der Waals surface area contributed by atoms with Gasteiger partial charge in [0.05, 0.1) is 0 Å². The molecule has 0 heteroatoms. The van der Waals surface area contributed by atoms with Crippen LogP contribution in [0.25, 0.3) is 5.57 Å². The van der Waals surface area contributed by atoms with E-state index in [9.17, 15) is 0 Å². The van der Waals surface area contributed by atoms with Gasteiger partial charge in [-0.15, -0.1) is 0 Å². The molecule has 0 bridgehead atoms. The third-order valence-corrected chi connectivity index (χ3v) is 4.67. The number of hydrogen-bond acceptors (Lipinski definition) is 0. The van der Waals surface area contributed by atoms with E-state index in [4.69, 9.17) is 0 Å². The van der Waals surface area contributed by atoms with Crippen molar-refractivity contribution in [3.05, 3.63) is 89.5 Å². The largest absolute Gasteiger partial charge is 0.0909 e. The van der Waals surface area contributed by atoms with E-state index in [1.807, 2.05) is 0 Å². The summed E-state index contributed by atoms with van der Waals surface area (Å²) >= 11 is 0. The fourth-order valence-electron chi connectivity index (χ4n) is 3.28. The third-order valence-electron chi connectivity index (χ3n) is 4.67. The number of rotatable bonds is 7. The molecule has 0 aromatic heterocycles. The minimum Gasteiger partial charge on any atom is -0.0909 e. The van der Waals surface area contributed by atoms with Gasteiger partial charge in [0.1, 0.15) is 0 Å². The molecular formula is C24H30. The van der Waals surface area contributed by atoms with Crippen LogP contribution < -0.4 is 0 Å². The van der Waals surface area contributed by atoms with E-state index >= 15 is 0 Å². The Bertz CT molecular complexity index is 689. The molecule has 2 aromatic carbocycles. The van der Waals surface area contributed by atoms with Gasteiger partial charge < -0.3 is 0 Å². The molecule has 126 valence electrons. The van der Waals surface area contributed by atoms with Crippen LogP contribution in [0.5, 0.6) is 0 Å². The second kappa shape index (κ2) is 8.68. The zero-order valence-corrected chi connectivity index (χ0v) is 15.5. The van der Waals surface area contributed by atoms with Gasteiger partial charge in [0.25, 0.3) is 0 Å². The standard InChI is InChI=1S/C24H30/c1-6-12-22(24-16-11-10-15-23(24)18(2)3)17-19(4)20(5)21-13-8-7-9-14-21/h7-11,13-18,22H,5-6,12H2,1-4H3/b19-17-. The minimum atomic E-state index is 0.453. The van der Waals surface area contributed by atoms with Gasteiger partial charge in [0.15, 0.2) is 0 Å². The van der Waals surface area contributed by atoms with Gasteiger partial charge in [-0.2, -0.15) is 0 Å². The molecule has 0 aliphatic heterocycles. The lowest BCUT2D eigenvalue weighted by atomic mass is 9.84. The summed E-state index contributed by atoms with van der Waals surface area (Å²) in [5, 5.41) is 0. The van der Waals surface area contributed by atoms with Crippen molar-refractivity contribution in [2.45, 2.75) is 52.4 Å². The SMILES string of the molecule is C=C(/C(C)=C\C(CCC)c1ccccc1C(C)C)c1ccccc1. The first-order valence-electron chi connectivity index (χ1n) is 9.06. The quantitative estimate of drug-likeness (QED) is 0.468. The Kier molecular flexibility index (Phi) is 6.61. The van der Waals surface area contributed by atoms with E-state index in [2.05, 4.69) is 94.9 Å². The highest BCUT2D eigenvalue weighted by Crippen LogP contribution is 2.33. The van der Waals surface area contributed by atoms with Gasteiger partial charge >= 0.3 is 0 Å². The predicted octanol–water partition coefficient (Wildman–Crippen LogP) is 7.35. The molecule has 2 aromatic rings. The van der Waals surface area contributed by atoms with Crippen LogP contribution in [0.3, 0.4) is 0 Å². The van der Waals surface area contributed by atoms with E-state index in [0.29, 0.717) is 11.8 Å². The predicted molar refractivity (Wildman–Crippen MR) is 107 cm³/mol. The summed E-state index contributed by atoms with van der Waals surface area (Å²) in [7, 11) is 0. The minimum absolute atomic E-state index is 0.453. The summed E-state index contributed by atoms with van der Waals surface area (Å²) in [6, 6.07) is 19.4. The molecule has 0 fully saturated rings. The van der Waals surface area contributed by atoms with Crippen LogP contribution in [-0.4, -0.2) is 0 Å². The molecule has 1 atom stereocenters. The van der Waals surface area contributed by atoms with Crippen molar-refractivity contribution in [3.63, 3.8) is 0 Å². The average molecular weight is 319 g/mol. The molecule has 0 radical (unpaired) electrons. The molecule has 0 aliphatic rings. The molecule has 0 heterocycles. The second-order valence-corrected chi connectivity index (χ2v) is 6.87. The van der Waals surface area contributed by atoms with Crippen molar-refractivity contribution in [2.24, 2.45) is 0 Å². The van der Waals surface area contributed by atoms with Crippen LogP contribution in [0.1, 0.15) is 69.1 Å². The van der Waals surface area contributed by atoms with Crippen molar-refractivity contribution in [2.75, 3.05) is 0 Å². The van der Waals surface area contributed by atoms with E-state index in [-0.39, 0.29) is 0 Å². The third kappa shape index (κ3) is 4.47. The highest BCUT2D eigenvalue weighted by molar-refractivity contribution is 5.76. The summed E-state index contributed by atoms with van der Waals surface area (Å²) in [4.78, 5) is 0. The van der Waals surface area contributed by atoms with Crippen molar-refractivity contribution >= 4 is 5.57 Å². The van der Waals surface area contributed by atoms with E-state index in [1.54, 1.807) is 0 Å². The smallest absolute Gasteiger partial charge is 0.00266 e. The van der Waals surface area contributed by atoms with Gasteiger partial charge in [-0.05, 0) is 47.1 Å². The number of benzene rings is 2. The summed E-state index contributed by atoms with van der Waals surface area (Å²) in [6.45, 7) is 13.3. The summed E-state index contributed by atoms with van der Waals surface area (Å²) in [5.41, 5.74) is 6.54. The second-order valence-electron chi connectivity index (χ2n) is 6.87. The van der Waals surface area contributed by atoms with Crippen molar-refractivity contribution in [3.8, 4) is 0 Å². The molecule has 24 heavy (non-hydrogen) atoms. The van der Waals surface area contributed by atoms with Crippen LogP contribution in [0, 0.1) is 0 Å². The van der Waals surface area contributed by atoms with Gasteiger partial charge in [-0.3, -0.25) is 0 Å². The maximum Gasteiger partial charge on any atom is 0.00266 e. The summed E-state index contributed by atoms with van der Waals surface area (Å²) < 4.78 is 0. The Labute approximate surface area is 147 Å². The fraction of sp³-hybridized carbons (Fsp3) is 0.333. The van der Waals surface area contributed by atoms with Gasteiger partial charge in [0, 0.05) is 5.92 Å². The molecule has 0 nitrogen and oxygen atoms in total. The average Bonchev–Trinajstić information content (AvgIpc) is 2.61. The Balaban J connectivity index is 2.36. The number of allylic oxidation sites excluding steroid dienone is 3. The molecule has 0 saturated carbocycles. The maximum atomic E-state index is 4.32. The van der Waals surface area contributed by atoms with Gasteiger partial charge in [-0.1, -0.05) is 94.4 Å². The molecule has 0 saturated heterocycles. The molecule has 0 aliphatic carbocycles. The van der Waals surface area contributed by atoms with Crippen LogP contribution in [0.4, 0.5) is 0 Å². The first-order chi connectivity index (χ1) is 11.5. The van der Waals surface area contributed by atoms with Crippen LogP contribution in [-0.2, 0) is 0 Å². The Morgan fingerprint density at radius 3 is 2.12 bits per heavy atom. The monoisotopic (exact) mass is 318 g/mol. The molecule has 0 spiro atoms. The fourth-order valence-corrected chi connectivity index (χ4v) is 3.28. The van der Waals surface area contributed by atoms with Crippen LogP contribution in [0.15, 0.2) is 72.8 Å². The first kappa shape index (κ1) is 18.3. The molecule has 2 rings (SSSR count). The Morgan fingerprint density at radius 2 is 1.54 bits per heavy atom.